The van der Waals surface area contributed by atoms with Gasteiger partial charge in [0.05, 0.1) is 0 Å². The zero-order valence-electron chi connectivity index (χ0n) is 14.2. The van der Waals surface area contributed by atoms with Crippen molar-refractivity contribution < 1.29 is 18.0 Å². The molecule has 0 spiro atoms. The average molecular weight is 370 g/mol. The zero-order valence-corrected chi connectivity index (χ0v) is 14.2. The van der Waals surface area contributed by atoms with Crippen LogP contribution in [0.1, 0.15) is 31.4 Å². The van der Waals surface area contributed by atoms with Crippen LogP contribution in [-0.4, -0.2) is 46.2 Å². The lowest BCUT2D eigenvalue weighted by molar-refractivity contribution is -0.141. The van der Waals surface area contributed by atoms with E-state index in [9.17, 15) is 18.0 Å². The number of nitrogens with zero attached hydrogens (tertiary/aromatic N) is 4. The number of alkyl halides is 3. The number of hydrogen-bond donors (Lipinski definition) is 2. The van der Waals surface area contributed by atoms with Gasteiger partial charge in [0.2, 0.25) is 5.91 Å². The number of amides is 1. The van der Waals surface area contributed by atoms with Gasteiger partial charge in [-0.2, -0.15) is 18.3 Å². The summed E-state index contributed by atoms with van der Waals surface area (Å²) >= 11 is 0. The van der Waals surface area contributed by atoms with Crippen molar-refractivity contribution in [2.24, 2.45) is 5.73 Å². The lowest BCUT2D eigenvalue weighted by Gasteiger charge is -2.37. The van der Waals surface area contributed by atoms with Crippen LogP contribution >= 0.6 is 0 Å². The molecule has 0 saturated carbocycles. The van der Waals surface area contributed by atoms with E-state index < -0.39 is 11.9 Å². The first-order valence-corrected chi connectivity index (χ1v) is 8.55. The Labute approximate surface area is 148 Å². The number of fused-ring (bicyclic) bond motifs is 1. The fourth-order valence-corrected chi connectivity index (χ4v) is 3.21. The molecule has 3 N–H and O–H groups in total. The van der Waals surface area contributed by atoms with Crippen LogP contribution in [-0.2, 0) is 11.0 Å². The van der Waals surface area contributed by atoms with Crippen LogP contribution in [0.3, 0.4) is 0 Å². The summed E-state index contributed by atoms with van der Waals surface area (Å²) in [6.07, 6.45) is 1.30. The number of carbonyl (C=O) groups excluding carboxylic acids is 1. The van der Waals surface area contributed by atoms with Gasteiger partial charge in [-0.25, -0.2) is 9.50 Å². The van der Waals surface area contributed by atoms with Crippen LogP contribution in [0.25, 0.3) is 5.52 Å². The van der Waals surface area contributed by atoms with Gasteiger partial charge in [0.15, 0.2) is 11.5 Å². The van der Waals surface area contributed by atoms with Crippen molar-refractivity contribution in [1.82, 2.24) is 19.9 Å². The lowest BCUT2D eigenvalue weighted by atomic mass is 10.0. The largest absolute Gasteiger partial charge is 0.435 e. The molecule has 0 radical (unpaired) electrons. The van der Waals surface area contributed by atoms with Gasteiger partial charge in [0.1, 0.15) is 5.52 Å². The third-order valence-corrected chi connectivity index (χ3v) is 4.47. The minimum atomic E-state index is -4.51. The van der Waals surface area contributed by atoms with E-state index in [4.69, 9.17) is 5.73 Å². The summed E-state index contributed by atoms with van der Waals surface area (Å²) in [5.41, 5.74) is 4.73. The highest BCUT2D eigenvalue weighted by atomic mass is 19.4. The van der Waals surface area contributed by atoms with Gasteiger partial charge in [-0.15, -0.1) is 0 Å². The highest BCUT2D eigenvalue weighted by molar-refractivity contribution is 5.76. The molecule has 2 aromatic heterocycles. The first kappa shape index (κ1) is 18.4. The second kappa shape index (κ2) is 7.48. The molecule has 0 bridgehead atoms. The number of rotatable bonds is 5. The maximum atomic E-state index is 13.0. The average Bonchev–Trinajstić information content (AvgIpc) is 3.05. The van der Waals surface area contributed by atoms with E-state index in [-0.39, 0.29) is 24.9 Å². The SMILES string of the molecule is NCCC(=O)NCC1CCCCN1c1nccn2nc(C(F)(F)F)cc12. The van der Waals surface area contributed by atoms with Crippen LogP contribution < -0.4 is 16.0 Å². The molecule has 1 saturated heterocycles. The van der Waals surface area contributed by atoms with E-state index in [2.05, 4.69) is 15.4 Å². The molecule has 3 heterocycles. The minimum Gasteiger partial charge on any atom is -0.354 e. The van der Waals surface area contributed by atoms with Gasteiger partial charge in [-0.1, -0.05) is 0 Å². The fraction of sp³-hybridized carbons (Fsp3) is 0.562. The smallest absolute Gasteiger partial charge is 0.354 e. The number of anilines is 1. The third-order valence-electron chi connectivity index (χ3n) is 4.47. The van der Waals surface area contributed by atoms with Crippen molar-refractivity contribution in [3.63, 3.8) is 0 Å². The van der Waals surface area contributed by atoms with Gasteiger partial charge >= 0.3 is 6.18 Å². The molecular formula is C16H21F3N6O. The molecule has 3 rings (SSSR count). The lowest BCUT2D eigenvalue weighted by Crippen LogP contribution is -2.47. The Morgan fingerprint density at radius 3 is 2.92 bits per heavy atom. The molecule has 7 nitrogen and oxygen atoms in total. The third kappa shape index (κ3) is 3.90. The van der Waals surface area contributed by atoms with E-state index >= 15 is 0 Å². The van der Waals surface area contributed by atoms with E-state index in [1.54, 1.807) is 0 Å². The van der Waals surface area contributed by atoms with Crippen molar-refractivity contribution in [2.75, 3.05) is 24.5 Å². The van der Waals surface area contributed by atoms with Crippen LogP contribution in [0.4, 0.5) is 19.0 Å². The fourth-order valence-electron chi connectivity index (χ4n) is 3.21. The molecule has 2 aromatic rings. The summed E-state index contributed by atoms with van der Waals surface area (Å²) in [4.78, 5) is 18.0. The number of hydrogen-bond acceptors (Lipinski definition) is 5. The van der Waals surface area contributed by atoms with Crippen LogP contribution in [0, 0.1) is 0 Å². The van der Waals surface area contributed by atoms with Crippen LogP contribution in [0.5, 0.6) is 0 Å². The van der Waals surface area contributed by atoms with E-state index in [1.165, 1.54) is 16.9 Å². The molecule has 1 aliphatic heterocycles. The molecule has 1 unspecified atom stereocenters. The minimum absolute atomic E-state index is 0.0339. The molecule has 1 fully saturated rings. The first-order valence-electron chi connectivity index (χ1n) is 8.55. The maximum Gasteiger partial charge on any atom is 0.435 e. The topological polar surface area (TPSA) is 88.5 Å². The van der Waals surface area contributed by atoms with E-state index in [0.717, 1.165) is 25.3 Å². The molecule has 26 heavy (non-hydrogen) atoms. The zero-order chi connectivity index (χ0) is 18.7. The first-order chi connectivity index (χ1) is 12.4. The van der Waals surface area contributed by atoms with Crippen molar-refractivity contribution in [3.8, 4) is 0 Å². The van der Waals surface area contributed by atoms with E-state index in [0.29, 0.717) is 24.4 Å². The highest BCUT2D eigenvalue weighted by Gasteiger charge is 2.35. The van der Waals surface area contributed by atoms with Crippen LogP contribution in [0.2, 0.25) is 0 Å². The summed E-state index contributed by atoms with van der Waals surface area (Å²) in [6.45, 7) is 1.34. The molecule has 142 valence electrons. The van der Waals surface area contributed by atoms with Gasteiger partial charge < -0.3 is 16.0 Å². The second-order valence-electron chi connectivity index (χ2n) is 6.29. The van der Waals surface area contributed by atoms with Crippen molar-refractivity contribution in [2.45, 2.75) is 37.9 Å². The summed E-state index contributed by atoms with van der Waals surface area (Å²) in [6, 6.07) is 0.981. The molecule has 1 aliphatic rings. The standard InChI is InChI=1S/C16H21F3N6O/c17-16(18,19)13-9-12-15(21-6-8-25(12)23-13)24-7-2-1-3-11(24)10-22-14(26)4-5-20/h6,8-9,11H,1-5,7,10,20H2,(H,22,26). The summed E-state index contributed by atoms with van der Waals surface area (Å²) in [7, 11) is 0. The number of carbonyl (C=O) groups is 1. The summed E-state index contributed by atoms with van der Waals surface area (Å²) in [5, 5.41) is 6.44. The van der Waals surface area contributed by atoms with Gasteiger partial charge in [-0.05, 0) is 19.3 Å². The predicted molar refractivity (Wildman–Crippen MR) is 89.7 cm³/mol. The molecule has 0 aromatic carbocycles. The number of piperidine rings is 1. The number of nitrogens with one attached hydrogen (secondary N) is 1. The van der Waals surface area contributed by atoms with Crippen molar-refractivity contribution in [3.05, 3.63) is 24.2 Å². The van der Waals surface area contributed by atoms with Gasteiger partial charge in [0.25, 0.3) is 0 Å². The summed E-state index contributed by atoms with van der Waals surface area (Å²) in [5.74, 6) is 0.321. The Morgan fingerprint density at radius 2 is 2.19 bits per heavy atom. The molecule has 0 aliphatic carbocycles. The Kier molecular flexibility index (Phi) is 5.30. The Balaban J connectivity index is 1.87. The van der Waals surface area contributed by atoms with Gasteiger partial charge in [-0.3, -0.25) is 4.79 Å². The molecule has 1 amide bonds. The Hall–Kier alpha value is -2.36. The van der Waals surface area contributed by atoms with E-state index in [1.807, 2.05) is 4.90 Å². The summed E-state index contributed by atoms with van der Waals surface area (Å²) < 4.78 is 40.2. The molecule has 10 heteroatoms. The van der Waals surface area contributed by atoms with Crippen molar-refractivity contribution in [1.29, 1.82) is 0 Å². The highest BCUT2D eigenvalue weighted by Crippen LogP contribution is 2.32. The van der Waals surface area contributed by atoms with Crippen LogP contribution in [0.15, 0.2) is 18.5 Å². The Morgan fingerprint density at radius 1 is 1.38 bits per heavy atom. The molecule has 1 atom stereocenters. The maximum absolute atomic E-state index is 13.0. The van der Waals surface area contributed by atoms with Crippen molar-refractivity contribution >= 4 is 17.2 Å². The number of nitrogens with two attached hydrogens (primary N) is 1. The predicted octanol–water partition coefficient (Wildman–Crippen LogP) is 1.57. The second-order valence-corrected chi connectivity index (χ2v) is 6.29. The Bertz CT molecular complexity index is 775. The normalized spacial score (nSPS) is 18.3. The molecular weight excluding hydrogens is 349 g/mol. The number of halogens is 3. The number of aromatic nitrogens is 3. The monoisotopic (exact) mass is 370 g/mol. The van der Waals surface area contributed by atoms with Gasteiger partial charge in [0, 0.05) is 50.6 Å². The quantitative estimate of drug-likeness (QED) is 0.834.